The lowest BCUT2D eigenvalue weighted by molar-refractivity contribution is -0.129. The molecule has 0 spiro atoms. The van der Waals surface area contributed by atoms with Gasteiger partial charge in [-0.05, 0) is 37.0 Å². The lowest BCUT2D eigenvalue weighted by Crippen LogP contribution is -2.38. The molecule has 8 nitrogen and oxygen atoms in total. The first-order valence-electron chi connectivity index (χ1n) is 11.5. The molecule has 0 bridgehead atoms. The van der Waals surface area contributed by atoms with Crippen LogP contribution in [0.1, 0.15) is 25.3 Å². The number of ether oxygens (including phenoxy) is 1. The van der Waals surface area contributed by atoms with Crippen molar-refractivity contribution in [3.8, 4) is 5.75 Å². The van der Waals surface area contributed by atoms with E-state index in [4.69, 9.17) is 4.74 Å². The molecule has 34 heavy (non-hydrogen) atoms. The SMILES string of the molecule is COc1ccccc1Cn1c(=O)c2ccccc2n2c(SCC(=O)N3CCC(C)CC3)nnc12. The van der Waals surface area contributed by atoms with Gasteiger partial charge in [-0.25, -0.2) is 0 Å². The van der Waals surface area contributed by atoms with E-state index >= 15 is 0 Å². The standard InChI is InChI=1S/C25H27N5O3S/c1-17-11-13-28(14-12-17)22(31)16-34-25-27-26-24-29(15-18-7-3-6-10-21(18)33-2)23(32)19-8-4-5-9-20(19)30(24)25/h3-10,17H,11-16H2,1-2H3. The first-order chi connectivity index (χ1) is 16.6. The van der Waals surface area contributed by atoms with Crippen LogP contribution < -0.4 is 10.3 Å². The van der Waals surface area contributed by atoms with Gasteiger partial charge in [-0.3, -0.25) is 18.6 Å². The van der Waals surface area contributed by atoms with Gasteiger partial charge in [0.2, 0.25) is 11.7 Å². The third kappa shape index (κ3) is 4.16. The Kier molecular flexibility index (Phi) is 6.28. The average molecular weight is 478 g/mol. The van der Waals surface area contributed by atoms with Gasteiger partial charge in [-0.1, -0.05) is 49.0 Å². The second kappa shape index (κ2) is 9.50. The van der Waals surface area contributed by atoms with Crippen LogP contribution in [-0.2, 0) is 11.3 Å². The zero-order chi connectivity index (χ0) is 23.7. The maximum atomic E-state index is 13.4. The number of hydrogen-bond donors (Lipinski definition) is 0. The van der Waals surface area contributed by atoms with Crippen molar-refractivity contribution in [2.75, 3.05) is 26.0 Å². The molecule has 3 heterocycles. The Balaban J connectivity index is 1.52. The molecule has 176 valence electrons. The van der Waals surface area contributed by atoms with Crippen LogP contribution in [0.25, 0.3) is 16.7 Å². The van der Waals surface area contributed by atoms with E-state index in [1.165, 1.54) is 11.8 Å². The zero-order valence-electron chi connectivity index (χ0n) is 19.3. The maximum absolute atomic E-state index is 13.4. The molecule has 1 aliphatic heterocycles. The highest BCUT2D eigenvalue weighted by molar-refractivity contribution is 7.99. The van der Waals surface area contributed by atoms with E-state index in [9.17, 15) is 9.59 Å². The van der Waals surface area contributed by atoms with Crippen LogP contribution in [0.15, 0.2) is 58.5 Å². The number of aromatic nitrogens is 4. The second-order valence-corrected chi connectivity index (χ2v) is 9.63. The van der Waals surface area contributed by atoms with Crippen molar-refractivity contribution < 1.29 is 9.53 Å². The van der Waals surface area contributed by atoms with Crippen molar-refractivity contribution in [1.82, 2.24) is 24.1 Å². The summed E-state index contributed by atoms with van der Waals surface area (Å²) in [6.07, 6.45) is 2.09. The number of benzene rings is 2. The van der Waals surface area contributed by atoms with Crippen molar-refractivity contribution in [1.29, 1.82) is 0 Å². The molecule has 1 saturated heterocycles. The van der Waals surface area contributed by atoms with Gasteiger partial charge in [-0.2, -0.15) is 0 Å². The number of carbonyl (C=O) groups excluding carboxylic acids is 1. The van der Waals surface area contributed by atoms with Crippen LogP contribution in [0.3, 0.4) is 0 Å². The van der Waals surface area contributed by atoms with Gasteiger partial charge in [0.1, 0.15) is 5.75 Å². The third-order valence-corrected chi connectivity index (χ3v) is 7.37. The summed E-state index contributed by atoms with van der Waals surface area (Å²) < 4.78 is 8.98. The Morgan fingerprint density at radius 3 is 2.62 bits per heavy atom. The minimum absolute atomic E-state index is 0.111. The molecule has 1 amide bonds. The van der Waals surface area contributed by atoms with Gasteiger partial charge >= 0.3 is 0 Å². The fourth-order valence-corrected chi connectivity index (χ4v) is 5.29. The summed E-state index contributed by atoms with van der Waals surface area (Å²) in [5.41, 5.74) is 1.46. The number of rotatable bonds is 6. The van der Waals surface area contributed by atoms with Gasteiger partial charge in [0.05, 0.1) is 30.3 Å². The number of fused-ring (bicyclic) bond motifs is 3. The number of piperidine rings is 1. The van der Waals surface area contributed by atoms with Crippen LogP contribution in [0, 0.1) is 5.92 Å². The number of carbonyl (C=O) groups is 1. The third-order valence-electron chi connectivity index (χ3n) is 6.46. The Bertz CT molecular complexity index is 1400. The number of amides is 1. The topological polar surface area (TPSA) is 81.7 Å². The number of hydrogen-bond acceptors (Lipinski definition) is 6. The van der Waals surface area contributed by atoms with Crippen molar-refractivity contribution in [3.63, 3.8) is 0 Å². The molecule has 2 aromatic heterocycles. The zero-order valence-corrected chi connectivity index (χ0v) is 20.1. The van der Waals surface area contributed by atoms with Crippen LogP contribution in [-0.4, -0.2) is 55.9 Å². The van der Waals surface area contributed by atoms with E-state index in [1.807, 2.05) is 57.8 Å². The van der Waals surface area contributed by atoms with Crippen molar-refractivity contribution in [3.05, 3.63) is 64.4 Å². The largest absolute Gasteiger partial charge is 0.496 e. The summed E-state index contributed by atoms with van der Waals surface area (Å²) >= 11 is 1.36. The molecule has 1 aliphatic rings. The number of methoxy groups -OCH3 is 1. The molecule has 0 atom stereocenters. The molecule has 0 saturated carbocycles. The van der Waals surface area contributed by atoms with E-state index in [1.54, 1.807) is 11.7 Å². The fraction of sp³-hybridized carbons (Fsp3) is 0.360. The smallest absolute Gasteiger partial charge is 0.263 e. The molecule has 0 N–H and O–H groups in total. The van der Waals surface area contributed by atoms with Crippen LogP contribution >= 0.6 is 11.8 Å². The molecule has 9 heteroatoms. The summed E-state index contributed by atoms with van der Waals surface area (Å²) in [7, 11) is 1.61. The van der Waals surface area contributed by atoms with Gasteiger partial charge in [0.15, 0.2) is 5.16 Å². The number of nitrogens with zero attached hydrogens (tertiary/aromatic N) is 5. The average Bonchev–Trinajstić information content (AvgIpc) is 3.29. The van der Waals surface area contributed by atoms with E-state index in [2.05, 4.69) is 17.1 Å². The number of para-hydroxylation sites is 2. The van der Waals surface area contributed by atoms with E-state index < -0.39 is 0 Å². The molecule has 0 radical (unpaired) electrons. The van der Waals surface area contributed by atoms with Gasteiger partial charge < -0.3 is 9.64 Å². The first kappa shape index (κ1) is 22.5. The highest BCUT2D eigenvalue weighted by atomic mass is 32.2. The highest BCUT2D eigenvalue weighted by Crippen LogP contribution is 2.25. The normalized spacial score (nSPS) is 14.7. The molecule has 0 unspecified atom stereocenters. The van der Waals surface area contributed by atoms with E-state index in [-0.39, 0.29) is 17.2 Å². The fourth-order valence-electron chi connectivity index (χ4n) is 4.45. The lowest BCUT2D eigenvalue weighted by Gasteiger charge is -2.30. The van der Waals surface area contributed by atoms with Gasteiger partial charge in [0.25, 0.3) is 5.56 Å². The van der Waals surface area contributed by atoms with E-state index in [0.717, 1.165) is 37.0 Å². The lowest BCUT2D eigenvalue weighted by atomic mass is 9.99. The number of thioether (sulfide) groups is 1. The highest BCUT2D eigenvalue weighted by Gasteiger charge is 2.22. The Morgan fingerprint density at radius 1 is 1.09 bits per heavy atom. The summed E-state index contributed by atoms with van der Waals surface area (Å²) in [5, 5.41) is 9.91. The van der Waals surface area contributed by atoms with Crippen LogP contribution in [0.4, 0.5) is 0 Å². The molecule has 4 aromatic rings. The monoisotopic (exact) mass is 477 g/mol. The number of likely N-dealkylation sites (tertiary alicyclic amines) is 1. The molecule has 5 rings (SSSR count). The molecule has 2 aromatic carbocycles. The van der Waals surface area contributed by atoms with Gasteiger partial charge in [-0.15, -0.1) is 10.2 Å². The van der Waals surface area contributed by atoms with Gasteiger partial charge in [0, 0.05) is 18.7 Å². The molecule has 0 aliphatic carbocycles. The summed E-state index contributed by atoms with van der Waals surface area (Å²) in [6.45, 7) is 4.14. The maximum Gasteiger partial charge on any atom is 0.263 e. The molecular weight excluding hydrogens is 450 g/mol. The van der Waals surface area contributed by atoms with E-state index in [0.29, 0.717) is 34.5 Å². The predicted molar refractivity (Wildman–Crippen MR) is 133 cm³/mol. The Morgan fingerprint density at radius 2 is 1.82 bits per heavy atom. The van der Waals surface area contributed by atoms with Crippen LogP contribution in [0.2, 0.25) is 0 Å². The Labute approximate surface area is 201 Å². The molecule has 1 fully saturated rings. The summed E-state index contributed by atoms with van der Waals surface area (Å²) in [4.78, 5) is 28.2. The quantitative estimate of drug-likeness (QED) is 0.396. The summed E-state index contributed by atoms with van der Waals surface area (Å²) in [5.74, 6) is 2.21. The minimum Gasteiger partial charge on any atom is -0.496 e. The van der Waals surface area contributed by atoms with Crippen molar-refractivity contribution >= 4 is 34.3 Å². The Hall–Kier alpha value is -3.33. The van der Waals surface area contributed by atoms with Crippen LogP contribution in [0.5, 0.6) is 5.75 Å². The first-order valence-corrected chi connectivity index (χ1v) is 12.4. The second-order valence-electron chi connectivity index (χ2n) is 8.69. The minimum atomic E-state index is -0.142. The predicted octanol–water partition coefficient (Wildman–Crippen LogP) is 3.45. The molecular formula is C25H27N5O3S. The summed E-state index contributed by atoms with van der Waals surface area (Å²) in [6, 6.07) is 15.0. The van der Waals surface area contributed by atoms with Crippen molar-refractivity contribution in [2.24, 2.45) is 5.92 Å². The van der Waals surface area contributed by atoms with Crippen molar-refractivity contribution in [2.45, 2.75) is 31.5 Å².